The van der Waals surface area contributed by atoms with Gasteiger partial charge in [0.05, 0.1) is 10.7 Å². The van der Waals surface area contributed by atoms with E-state index in [1.54, 1.807) is 11.3 Å². The molecule has 0 aliphatic heterocycles. The molecular weight excluding hydrogens is 278 g/mol. The molecule has 0 spiro atoms. The van der Waals surface area contributed by atoms with E-state index in [-0.39, 0.29) is 5.91 Å². The molecule has 0 aliphatic rings. The molecule has 4 nitrogen and oxygen atoms in total. The summed E-state index contributed by atoms with van der Waals surface area (Å²) in [7, 11) is 0. The Bertz CT molecular complexity index is 586. The fourth-order valence-corrected chi connectivity index (χ4v) is 3.55. The number of hydrogen-bond acceptors (Lipinski definition) is 5. The highest BCUT2D eigenvalue weighted by molar-refractivity contribution is 7.14. The molecule has 2 aromatic heterocycles. The van der Waals surface area contributed by atoms with Gasteiger partial charge in [-0.2, -0.15) is 0 Å². The van der Waals surface area contributed by atoms with Crippen molar-refractivity contribution in [3.63, 3.8) is 0 Å². The number of thiazole rings is 2. The SMILES string of the molecule is Cc1csc(NC(=O)c2nc(C)sc2CC(C)C)n1. The molecule has 0 bridgehead atoms. The number of hydrogen-bond donors (Lipinski definition) is 1. The first-order chi connectivity index (χ1) is 8.95. The summed E-state index contributed by atoms with van der Waals surface area (Å²) < 4.78 is 0. The Morgan fingerprint density at radius 2 is 2.11 bits per heavy atom. The van der Waals surface area contributed by atoms with Gasteiger partial charge in [0, 0.05) is 10.3 Å². The van der Waals surface area contributed by atoms with Gasteiger partial charge in [0.1, 0.15) is 5.69 Å². The minimum Gasteiger partial charge on any atom is -0.296 e. The molecule has 6 heteroatoms. The molecule has 0 saturated carbocycles. The van der Waals surface area contributed by atoms with E-state index in [4.69, 9.17) is 0 Å². The van der Waals surface area contributed by atoms with Crippen molar-refractivity contribution < 1.29 is 4.79 Å². The highest BCUT2D eigenvalue weighted by Crippen LogP contribution is 2.23. The van der Waals surface area contributed by atoms with Gasteiger partial charge in [0.2, 0.25) is 0 Å². The number of aryl methyl sites for hydroxylation is 2. The molecular formula is C13H17N3OS2. The third kappa shape index (κ3) is 3.61. The second-order valence-corrected chi connectivity index (χ2v) is 7.00. The Labute approximate surface area is 120 Å². The Kier molecular flexibility index (Phi) is 4.31. The Hall–Kier alpha value is -1.27. The summed E-state index contributed by atoms with van der Waals surface area (Å²) in [5.74, 6) is 0.350. The maximum atomic E-state index is 12.2. The van der Waals surface area contributed by atoms with Gasteiger partial charge in [-0.15, -0.1) is 22.7 Å². The van der Waals surface area contributed by atoms with Gasteiger partial charge < -0.3 is 0 Å². The fraction of sp³-hybridized carbons (Fsp3) is 0.462. The molecule has 0 saturated heterocycles. The molecule has 0 aromatic carbocycles. The highest BCUT2D eigenvalue weighted by atomic mass is 32.1. The van der Waals surface area contributed by atoms with E-state index in [0.717, 1.165) is 22.0 Å². The maximum Gasteiger partial charge on any atom is 0.277 e. The first-order valence-corrected chi connectivity index (χ1v) is 7.85. The van der Waals surface area contributed by atoms with Crippen LogP contribution >= 0.6 is 22.7 Å². The standard InChI is InChI=1S/C13H17N3OS2/c1-7(2)5-10-11(15-9(4)19-10)12(17)16-13-14-8(3)6-18-13/h6-7H,5H2,1-4H3,(H,14,16,17). The van der Waals surface area contributed by atoms with Gasteiger partial charge in [0.25, 0.3) is 5.91 Å². The van der Waals surface area contributed by atoms with Crippen molar-refractivity contribution in [1.29, 1.82) is 0 Å². The van der Waals surface area contributed by atoms with Crippen LogP contribution in [0.15, 0.2) is 5.38 Å². The van der Waals surface area contributed by atoms with Crippen LogP contribution in [0.2, 0.25) is 0 Å². The zero-order valence-corrected chi connectivity index (χ0v) is 13.1. The fourth-order valence-electron chi connectivity index (χ4n) is 1.72. The number of nitrogens with zero attached hydrogens (tertiary/aromatic N) is 2. The lowest BCUT2D eigenvalue weighted by Gasteiger charge is -2.04. The molecule has 0 fully saturated rings. The van der Waals surface area contributed by atoms with Crippen molar-refractivity contribution in [1.82, 2.24) is 9.97 Å². The number of nitrogens with one attached hydrogen (secondary N) is 1. The zero-order valence-electron chi connectivity index (χ0n) is 11.5. The average molecular weight is 295 g/mol. The first-order valence-electron chi connectivity index (χ1n) is 6.15. The van der Waals surface area contributed by atoms with E-state index in [0.29, 0.717) is 16.7 Å². The third-order valence-corrected chi connectivity index (χ3v) is 4.32. The molecule has 0 aliphatic carbocycles. The van der Waals surface area contributed by atoms with Crippen LogP contribution in [0.4, 0.5) is 5.13 Å². The summed E-state index contributed by atoms with van der Waals surface area (Å²) in [6.07, 6.45) is 0.880. The lowest BCUT2D eigenvalue weighted by Crippen LogP contribution is -2.14. The molecule has 1 N–H and O–H groups in total. The predicted octanol–water partition coefficient (Wildman–Crippen LogP) is 3.67. The smallest absolute Gasteiger partial charge is 0.277 e. The molecule has 2 heterocycles. The molecule has 0 unspecified atom stereocenters. The van der Waals surface area contributed by atoms with Crippen molar-refractivity contribution in [3.8, 4) is 0 Å². The first kappa shape index (κ1) is 14.1. The summed E-state index contributed by atoms with van der Waals surface area (Å²) in [5, 5.41) is 6.29. The quantitative estimate of drug-likeness (QED) is 0.936. The summed E-state index contributed by atoms with van der Waals surface area (Å²) >= 11 is 3.03. The molecule has 1 amide bonds. The van der Waals surface area contributed by atoms with Crippen molar-refractivity contribution >= 4 is 33.7 Å². The average Bonchev–Trinajstić information content (AvgIpc) is 2.84. The third-order valence-electron chi connectivity index (χ3n) is 2.45. The lowest BCUT2D eigenvalue weighted by molar-refractivity contribution is 0.102. The van der Waals surface area contributed by atoms with Gasteiger partial charge >= 0.3 is 0 Å². The number of carbonyl (C=O) groups excluding carboxylic acids is 1. The lowest BCUT2D eigenvalue weighted by atomic mass is 10.1. The molecule has 0 atom stereocenters. The Balaban J connectivity index is 2.18. The molecule has 0 radical (unpaired) electrons. The van der Waals surface area contributed by atoms with Crippen LogP contribution in [0.3, 0.4) is 0 Å². The van der Waals surface area contributed by atoms with Crippen LogP contribution < -0.4 is 5.32 Å². The van der Waals surface area contributed by atoms with Gasteiger partial charge in [-0.3, -0.25) is 10.1 Å². The van der Waals surface area contributed by atoms with Crippen LogP contribution in [-0.2, 0) is 6.42 Å². The van der Waals surface area contributed by atoms with Gasteiger partial charge in [0.15, 0.2) is 5.13 Å². The van der Waals surface area contributed by atoms with E-state index in [9.17, 15) is 4.79 Å². The van der Waals surface area contributed by atoms with Crippen LogP contribution in [0, 0.1) is 19.8 Å². The van der Waals surface area contributed by atoms with Crippen LogP contribution in [0.25, 0.3) is 0 Å². The summed E-state index contributed by atoms with van der Waals surface area (Å²) in [6.45, 7) is 8.12. The number of anilines is 1. The van der Waals surface area contributed by atoms with E-state index in [2.05, 4.69) is 29.1 Å². The van der Waals surface area contributed by atoms with Crippen LogP contribution in [0.1, 0.15) is 39.9 Å². The van der Waals surface area contributed by atoms with Crippen LogP contribution in [-0.4, -0.2) is 15.9 Å². The predicted molar refractivity (Wildman–Crippen MR) is 80.2 cm³/mol. The van der Waals surface area contributed by atoms with Gasteiger partial charge in [-0.05, 0) is 26.2 Å². The van der Waals surface area contributed by atoms with Crippen molar-refractivity contribution in [2.45, 2.75) is 34.1 Å². The van der Waals surface area contributed by atoms with E-state index >= 15 is 0 Å². The largest absolute Gasteiger partial charge is 0.296 e. The Morgan fingerprint density at radius 3 is 2.68 bits per heavy atom. The minimum absolute atomic E-state index is 0.158. The zero-order chi connectivity index (χ0) is 14.0. The summed E-state index contributed by atoms with van der Waals surface area (Å²) in [5.41, 5.74) is 1.46. The van der Waals surface area contributed by atoms with Gasteiger partial charge in [-0.25, -0.2) is 9.97 Å². The summed E-state index contributed by atoms with van der Waals surface area (Å²) in [6, 6.07) is 0. The van der Waals surface area contributed by atoms with Crippen LogP contribution in [0.5, 0.6) is 0 Å². The topological polar surface area (TPSA) is 54.9 Å². The monoisotopic (exact) mass is 295 g/mol. The van der Waals surface area contributed by atoms with Crippen molar-refractivity contribution in [2.24, 2.45) is 5.92 Å². The second-order valence-electron chi connectivity index (χ2n) is 4.85. The Morgan fingerprint density at radius 1 is 1.37 bits per heavy atom. The minimum atomic E-state index is -0.158. The van der Waals surface area contributed by atoms with Gasteiger partial charge in [-0.1, -0.05) is 13.8 Å². The molecule has 2 rings (SSSR count). The maximum absolute atomic E-state index is 12.2. The number of aromatic nitrogens is 2. The van der Waals surface area contributed by atoms with E-state index in [1.807, 2.05) is 19.2 Å². The van der Waals surface area contributed by atoms with Crippen molar-refractivity contribution in [2.75, 3.05) is 5.32 Å². The number of amides is 1. The highest BCUT2D eigenvalue weighted by Gasteiger charge is 2.18. The normalized spacial score (nSPS) is 11.0. The van der Waals surface area contributed by atoms with Crippen molar-refractivity contribution in [3.05, 3.63) is 26.7 Å². The molecule has 19 heavy (non-hydrogen) atoms. The second kappa shape index (κ2) is 5.79. The molecule has 2 aromatic rings. The number of carbonyl (C=O) groups is 1. The molecule has 102 valence electrons. The number of rotatable bonds is 4. The summed E-state index contributed by atoms with van der Waals surface area (Å²) in [4.78, 5) is 21.9. The van der Waals surface area contributed by atoms with E-state index < -0.39 is 0 Å². The van der Waals surface area contributed by atoms with E-state index in [1.165, 1.54) is 11.3 Å².